The molecule has 0 radical (unpaired) electrons. The summed E-state index contributed by atoms with van der Waals surface area (Å²) in [5.41, 5.74) is 1.34. The third kappa shape index (κ3) is 4.38. The number of nitrogens with one attached hydrogen (secondary N) is 1. The second-order valence-electron chi connectivity index (χ2n) is 6.91. The average Bonchev–Trinajstić information content (AvgIpc) is 2.78. The first-order valence-electron chi connectivity index (χ1n) is 10.1. The molecule has 168 valence electrons. The minimum absolute atomic E-state index is 0.0406. The molecule has 0 atom stereocenters. The highest BCUT2D eigenvalue weighted by Crippen LogP contribution is 2.35. The number of hydrogen-bond acceptors (Lipinski definition) is 7. The van der Waals surface area contributed by atoms with E-state index in [1.165, 1.54) is 25.2 Å². The van der Waals surface area contributed by atoms with Gasteiger partial charge in [-0.1, -0.05) is 0 Å². The number of methoxy groups -OCH3 is 2. The summed E-state index contributed by atoms with van der Waals surface area (Å²) in [4.78, 5) is 29.2. The van der Waals surface area contributed by atoms with Gasteiger partial charge < -0.3 is 19.5 Å². The zero-order chi connectivity index (χ0) is 23.4. The van der Waals surface area contributed by atoms with Crippen LogP contribution >= 0.6 is 12.2 Å². The van der Waals surface area contributed by atoms with Gasteiger partial charge in [0.15, 0.2) is 5.11 Å². The van der Waals surface area contributed by atoms with Gasteiger partial charge in [0.25, 0.3) is 11.8 Å². The molecule has 0 spiro atoms. The van der Waals surface area contributed by atoms with Crippen molar-refractivity contribution < 1.29 is 24.2 Å². The Morgan fingerprint density at radius 3 is 2.41 bits per heavy atom. The Kier molecular flexibility index (Phi) is 6.99. The van der Waals surface area contributed by atoms with E-state index in [-0.39, 0.29) is 16.4 Å². The van der Waals surface area contributed by atoms with E-state index in [0.717, 1.165) is 18.8 Å². The van der Waals surface area contributed by atoms with Crippen LogP contribution < -0.4 is 24.6 Å². The molecular weight excluding hydrogens is 430 g/mol. The molecule has 1 fully saturated rings. The van der Waals surface area contributed by atoms with Crippen molar-refractivity contribution in [3.8, 4) is 17.2 Å². The van der Waals surface area contributed by atoms with E-state index in [2.05, 4.69) is 10.2 Å². The van der Waals surface area contributed by atoms with Gasteiger partial charge in [-0.3, -0.25) is 14.9 Å². The minimum atomic E-state index is -0.648. The van der Waals surface area contributed by atoms with Crippen LogP contribution in [0.2, 0.25) is 0 Å². The van der Waals surface area contributed by atoms with Crippen LogP contribution in [0.1, 0.15) is 19.4 Å². The van der Waals surface area contributed by atoms with Crippen LogP contribution in [0.5, 0.6) is 17.2 Å². The van der Waals surface area contributed by atoms with Crippen molar-refractivity contribution in [3.05, 3.63) is 47.5 Å². The Hall–Kier alpha value is -3.59. The lowest BCUT2D eigenvalue weighted by atomic mass is 10.1. The largest absolute Gasteiger partial charge is 0.507 e. The molecule has 9 heteroatoms. The summed E-state index contributed by atoms with van der Waals surface area (Å²) in [6.45, 7) is 5.61. The lowest BCUT2D eigenvalue weighted by Crippen LogP contribution is -2.54. The van der Waals surface area contributed by atoms with Crippen LogP contribution in [0.3, 0.4) is 0 Å². The second-order valence-corrected chi connectivity index (χ2v) is 7.30. The molecule has 3 rings (SSSR count). The highest BCUT2D eigenvalue weighted by atomic mass is 32.1. The van der Waals surface area contributed by atoms with Gasteiger partial charge in [0.1, 0.15) is 22.8 Å². The van der Waals surface area contributed by atoms with Gasteiger partial charge in [-0.2, -0.15) is 0 Å². The highest BCUT2D eigenvalue weighted by molar-refractivity contribution is 7.80. The molecule has 1 saturated heterocycles. The number of rotatable bonds is 7. The van der Waals surface area contributed by atoms with E-state index in [9.17, 15) is 14.7 Å². The number of thiocarbonyl (C=S) groups is 1. The van der Waals surface area contributed by atoms with E-state index in [1.54, 1.807) is 30.3 Å². The van der Waals surface area contributed by atoms with Crippen LogP contribution in [0.25, 0.3) is 6.08 Å². The van der Waals surface area contributed by atoms with Crippen molar-refractivity contribution >= 4 is 46.6 Å². The number of carbonyl (C=O) groups is 2. The number of hydrogen-bond donors (Lipinski definition) is 2. The quantitative estimate of drug-likeness (QED) is 0.377. The summed E-state index contributed by atoms with van der Waals surface area (Å²) >= 11 is 5.26. The SMILES string of the molecule is CCN(CC)c1ccc(/C=C2/C(=O)NC(=S)N(c3cc(OC)ccc3OC)C2=O)c(O)c1. The zero-order valence-corrected chi connectivity index (χ0v) is 19.2. The van der Waals surface area contributed by atoms with Crippen LogP contribution in [-0.4, -0.2) is 49.3 Å². The molecule has 0 aliphatic carbocycles. The first kappa shape index (κ1) is 23.1. The number of anilines is 2. The lowest BCUT2D eigenvalue weighted by Gasteiger charge is -2.30. The molecule has 0 unspecified atom stereocenters. The maximum absolute atomic E-state index is 13.3. The summed E-state index contributed by atoms with van der Waals surface area (Å²) in [7, 11) is 2.97. The third-order valence-electron chi connectivity index (χ3n) is 5.17. The van der Waals surface area contributed by atoms with E-state index < -0.39 is 11.8 Å². The second kappa shape index (κ2) is 9.69. The molecule has 0 saturated carbocycles. The molecule has 32 heavy (non-hydrogen) atoms. The molecular formula is C23H25N3O5S. The topological polar surface area (TPSA) is 91.3 Å². The Morgan fingerprint density at radius 2 is 1.81 bits per heavy atom. The maximum Gasteiger partial charge on any atom is 0.270 e. The van der Waals surface area contributed by atoms with Gasteiger partial charge in [-0.15, -0.1) is 0 Å². The number of ether oxygens (including phenoxy) is 2. The number of phenols is 1. The van der Waals surface area contributed by atoms with Gasteiger partial charge in [-0.05, 0) is 56.4 Å². The van der Waals surface area contributed by atoms with Crippen LogP contribution in [0.15, 0.2) is 42.0 Å². The summed E-state index contributed by atoms with van der Waals surface area (Å²) in [6, 6.07) is 10.0. The predicted molar refractivity (Wildman–Crippen MR) is 127 cm³/mol. The molecule has 1 aliphatic heterocycles. The van der Waals surface area contributed by atoms with Crippen molar-refractivity contribution in [2.24, 2.45) is 0 Å². The van der Waals surface area contributed by atoms with Crippen molar-refractivity contribution in [1.82, 2.24) is 5.32 Å². The summed E-state index contributed by atoms with van der Waals surface area (Å²) in [6.07, 6.45) is 1.35. The maximum atomic E-state index is 13.3. The highest BCUT2D eigenvalue weighted by Gasteiger charge is 2.36. The number of amides is 2. The minimum Gasteiger partial charge on any atom is -0.507 e. The zero-order valence-electron chi connectivity index (χ0n) is 18.3. The molecule has 0 bridgehead atoms. The standard InChI is InChI=1S/C23H25N3O5S/c1-5-25(6-2)15-8-7-14(19(27)12-15)11-17-21(28)24-23(32)26(22(17)29)18-13-16(30-3)9-10-20(18)31-4/h7-13,27H,5-6H2,1-4H3,(H,24,28,32)/b17-11-. The predicted octanol–water partition coefficient (Wildman–Crippen LogP) is 3.09. The molecule has 2 amide bonds. The monoisotopic (exact) mass is 455 g/mol. The smallest absolute Gasteiger partial charge is 0.270 e. The first-order valence-corrected chi connectivity index (χ1v) is 10.5. The van der Waals surface area contributed by atoms with Crippen molar-refractivity contribution in [2.75, 3.05) is 37.1 Å². The van der Waals surface area contributed by atoms with Crippen LogP contribution in [-0.2, 0) is 9.59 Å². The fraction of sp³-hybridized carbons (Fsp3) is 0.261. The van der Waals surface area contributed by atoms with Gasteiger partial charge >= 0.3 is 0 Å². The molecule has 0 aromatic heterocycles. The number of aromatic hydroxyl groups is 1. The number of phenolic OH excluding ortho intramolecular Hbond substituents is 1. The lowest BCUT2D eigenvalue weighted by molar-refractivity contribution is -0.122. The van der Waals surface area contributed by atoms with Gasteiger partial charge in [0.05, 0.1) is 19.9 Å². The fourth-order valence-electron chi connectivity index (χ4n) is 3.44. The molecule has 1 heterocycles. The number of nitrogens with zero attached hydrogens (tertiary/aromatic N) is 2. The summed E-state index contributed by atoms with van der Waals surface area (Å²) in [5.74, 6) is -0.462. The Bertz CT molecular complexity index is 1100. The molecule has 2 N–H and O–H groups in total. The summed E-state index contributed by atoms with van der Waals surface area (Å²) < 4.78 is 10.6. The van der Waals surface area contributed by atoms with Crippen LogP contribution in [0.4, 0.5) is 11.4 Å². The Balaban J connectivity index is 2.04. The molecule has 2 aromatic rings. The molecule has 2 aromatic carbocycles. The molecule has 1 aliphatic rings. The number of carbonyl (C=O) groups excluding carboxylic acids is 2. The fourth-order valence-corrected chi connectivity index (χ4v) is 3.72. The number of benzene rings is 2. The Morgan fingerprint density at radius 1 is 1.09 bits per heavy atom. The summed E-state index contributed by atoms with van der Waals surface area (Å²) in [5, 5.41) is 13.0. The van der Waals surface area contributed by atoms with E-state index >= 15 is 0 Å². The van der Waals surface area contributed by atoms with E-state index in [0.29, 0.717) is 22.7 Å². The normalized spacial score (nSPS) is 15.1. The van der Waals surface area contributed by atoms with Crippen molar-refractivity contribution in [1.29, 1.82) is 0 Å². The van der Waals surface area contributed by atoms with Crippen LogP contribution in [0, 0.1) is 0 Å². The van der Waals surface area contributed by atoms with Gasteiger partial charge in [-0.25, -0.2) is 4.90 Å². The molecule has 8 nitrogen and oxygen atoms in total. The van der Waals surface area contributed by atoms with E-state index in [4.69, 9.17) is 21.7 Å². The van der Waals surface area contributed by atoms with E-state index in [1.807, 2.05) is 19.9 Å². The third-order valence-corrected chi connectivity index (χ3v) is 5.46. The Labute approximate surface area is 192 Å². The first-order chi connectivity index (χ1) is 15.3. The van der Waals surface area contributed by atoms with Crippen molar-refractivity contribution in [3.63, 3.8) is 0 Å². The average molecular weight is 456 g/mol. The van der Waals surface area contributed by atoms with Gasteiger partial charge in [0, 0.05) is 36.5 Å². The van der Waals surface area contributed by atoms with Gasteiger partial charge in [0.2, 0.25) is 0 Å². The van der Waals surface area contributed by atoms with Crippen molar-refractivity contribution in [2.45, 2.75) is 13.8 Å².